The zero-order valence-corrected chi connectivity index (χ0v) is 19.0. The predicted octanol–water partition coefficient (Wildman–Crippen LogP) is 2.59. The number of nitrogens with one attached hydrogen (secondary N) is 2. The predicted molar refractivity (Wildman–Crippen MR) is 122 cm³/mol. The van der Waals surface area contributed by atoms with Gasteiger partial charge in [0, 0.05) is 59.0 Å². The van der Waals surface area contributed by atoms with Crippen molar-refractivity contribution < 1.29 is 4.74 Å². The van der Waals surface area contributed by atoms with Gasteiger partial charge in [0.15, 0.2) is 5.96 Å². The van der Waals surface area contributed by atoms with Gasteiger partial charge >= 0.3 is 0 Å². The van der Waals surface area contributed by atoms with Crippen LogP contribution >= 0.6 is 0 Å². The number of piperazine rings is 1. The second-order valence-electron chi connectivity index (χ2n) is 8.31. The maximum atomic E-state index is 5.95. The van der Waals surface area contributed by atoms with E-state index in [2.05, 4.69) is 77.5 Å². The summed E-state index contributed by atoms with van der Waals surface area (Å²) < 4.78 is 5.95. The van der Waals surface area contributed by atoms with Crippen molar-refractivity contribution in [1.29, 1.82) is 0 Å². The summed E-state index contributed by atoms with van der Waals surface area (Å²) in [6.45, 7) is 13.8. The summed E-state index contributed by atoms with van der Waals surface area (Å²) in [7, 11) is 4.04. The fraction of sp³-hybridized carbons (Fsp3) is 0.696. The van der Waals surface area contributed by atoms with Crippen LogP contribution in [0, 0.1) is 5.92 Å². The number of aliphatic imine (C=N–C) groups is 1. The van der Waals surface area contributed by atoms with Gasteiger partial charge < -0.3 is 20.3 Å². The van der Waals surface area contributed by atoms with E-state index < -0.39 is 0 Å². The molecule has 0 aliphatic carbocycles. The molecular weight excluding hydrogens is 362 g/mol. The molecule has 1 aromatic rings. The lowest BCUT2D eigenvalue weighted by atomic mass is 10.0. The first kappa shape index (κ1) is 23.6. The highest BCUT2D eigenvalue weighted by atomic mass is 16.5. The second kappa shape index (κ2) is 12.8. The maximum absolute atomic E-state index is 5.95. The Morgan fingerprint density at radius 3 is 2.38 bits per heavy atom. The van der Waals surface area contributed by atoms with E-state index in [-0.39, 0.29) is 6.10 Å². The number of rotatable bonds is 10. The third-order valence-electron chi connectivity index (χ3n) is 5.73. The van der Waals surface area contributed by atoms with Crippen molar-refractivity contribution in [2.45, 2.75) is 39.3 Å². The molecule has 6 nitrogen and oxygen atoms in total. The Kier molecular flexibility index (Phi) is 10.5. The van der Waals surface area contributed by atoms with Crippen LogP contribution in [0.4, 0.5) is 0 Å². The lowest BCUT2D eigenvalue weighted by molar-refractivity contribution is 0.0646. The third-order valence-corrected chi connectivity index (χ3v) is 5.73. The molecule has 0 saturated carbocycles. The quantitative estimate of drug-likeness (QED) is 0.357. The van der Waals surface area contributed by atoms with E-state index >= 15 is 0 Å². The molecule has 1 aliphatic heterocycles. The first-order valence-electron chi connectivity index (χ1n) is 11.0. The number of guanidine groups is 1. The van der Waals surface area contributed by atoms with Gasteiger partial charge in [0.25, 0.3) is 0 Å². The van der Waals surface area contributed by atoms with Crippen LogP contribution in [0.2, 0.25) is 0 Å². The Balaban J connectivity index is 1.66. The molecule has 29 heavy (non-hydrogen) atoms. The number of ether oxygens (including phenoxy) is 1. The number of hydrogen-bond acceptors (Lipinski definition) is 4. The van der Waals surface area contributed by atoms with Crippen molar-refractivity contribution in [2.75, 3.05) is 60.0 Å². The minimum Gasteiger partial charge on any atom is -0.374 e. The van der Waals surface area contributed by atoms with Gasteiger partial charge in [0.2, 0.25) is 0 Å². The number of likely N-dealkylation sites (N-methyl/N-ethyl adjacent to an activating group) is 1. The Morgan fingerprint density at radius 2 is 1.76 bits per heavy atom. The van der Waals surface area contributed by atoms with E-state index in [0.717, 1.165) is 58.3 Å². The first-order chi connectivity index (χ1) is 14.0. The van der Waals surface area contributed by atoms with E-state index in [1.807, 2.05) is 13.1 Å². The minimum atomic E-state index is 0.129. The van der Waals surface area contributed by atoms with Gasteiger partial charge in [0.05, 0.1) is 6.10 Å². The van der Waals surface area contributed by atoms with E-state index in [1.165, 1.54) is 5.56 Å². The number of hydrogen-bond donors (Lipinski definition) is 2. The molecule has 2 atom stereocenters. The lowest BCUT2D eigenvalue weighted by Gasteiger charge is -2.40. The van der Waals surface area contributed by atoms with Crippen LogP contribution in [-0.2, 0) is 4.74 Å². The monoisotopic (exact) mass is 403 g/mol. The molecule has 1 fully saturated rings. The Hall–Kier alpha value is -1.63. The highest BCUT2D eigenvalue weighted by Crippen LogP contribution is 2.16. The van der Waals surface area contributed by atoms with Crippen LogP contribution in [0.5, 0.6) is 0 Å². The average molecular weight is 404 g/mol. The van der Waals surface area contributed by atoms with Crippen molar-refractivity contribution in [3.05, 3.63) is 35.9 Å². The summed E-state index contributed by atoms with van der Waals surface area (Å²) >= 11 is 0. The average Bonchev–Trinajstić information content (AvgIpc) is 2.73. The van der Waals surface area contributed by atoms with Crippen LogP contribution < -0.4 is 10.6 Å². The molecular formula is C23H41N5O. The zero-order valence-electron chi connectivity index (χ0n) is 19.0. The number of nitrogens with zero attached hydrogens (tertiary/aromatic N) is 3. The largest absolute Gasteiger partial charge is 0.374 e. The van der Waals surface area contributed by atoms with E-state index in [9.17, 15) is 0 Å². The van der Waals surface area contributed by atoms with Crippen LogP contribution in [-0.4, -0.2) is 81.8 Å². The highest BCUT2D eigenvalue weighted by molar-refractivity contribution is 5.79. The van der Waals surface area contributed by atoms with Crippen molar-refractivity contribution in [3.63, 3.8) is 0 Å². The summed E-state index contributed by atoms with van der Waals surface area (Å²) in [5.74, 6) is 1.48. The molecule has 0 bridgehead atoms. The highest BCUT2D eigenvalue weighted by Gasteiger charge is 2.24. The van der Waals surface area contributed by atoms with Crippen LogP contribution in [0.1, 0.15) is 38.9 Å². The van der Waals surface area contributed by atoms with Gasteiger partial charge in [0.1, 0.15) is 0 Å². The summed E-state index contributed by atoms with van der Waals surface area (Å²) in [6, 6.07) is 10.9. The van der Waals surface area contributed by atoms with Gasteiger partial charge in [-0.25, -0.2) is 0 Å². The van der Waals surface area contributed by atoms with Crippen molar-refractivity contribution in [3.8, 4) is 0 Å². The zero-order chi connectivity index (χ0) is 21.1. The second-order valence-corrected chi connectivity index (χ2v) is 8.31. The lowest BCUT2D eigenvalue weighted by Crippen LogP contribution is -2.55. The first-order valence-corrected chi connectivity index (χ1v) is 11.0. The molecule has 1 aromatic carbocycles. The third kappa shape index (κ3) is 8.33. The molecule has 6 heteroatoms. The molecule has 2 unspecified atom stereocenters. The molecule has 1 saturated heterocycles. The van der Waals surface area contributed by atoms with Gasteiger partial charge in [-0.1, -0.05) is 44.2 Å². The van der Waals surface area contributed by atoms with Gasteiger partial charge in [-0.3, -0.25) is 9.89 Å². The topological polar surface area (TPSA) is 52.1 Å². The standard InChI is InChI=1S/C23H41N5O/c1-19(2)22(28-15-13-27(5)14-16-28)18-26-23(24-4)25-12-9-17-29-20(3)21-10-7-6-8-11-21/h6-8,10-11,19-20,22H,9,12-18H2,1-5H3,(H2,24,25,26). The molecule has 0 amide bonds. The summed E-state index contributed by atoms with van der Waals surface area (Å²) in [5, 5.41) is 6.95. The van der Waals surface area contributed by atoms with Gasteiger partial charge in [-0.05, 0) is 31.9 Å². The van der Waals surface area contributed by atoms with Gasteiger partial charge in [-0.15, -0.1) is 0 Å². The Bertz CT molecular complexity index is 584. The Labute approximate surface area is 177 Å². The van der Waals surface area contributed by atoms with Crippen LogP contribution in [0.3, 0.4) is 0 Å². The van der Waals surface area contributed by atoms with Crippen LogP contribution in [0.25, 0.3) is 0 Å². The van der Waals surface area contributed by atoms with E-state index in [0.29, 0.717) is 12.0 Å². The summed E-state index contributed by atoms with van der Waals surface area (Å²) in [5.41, 5.74) is 1.22. The summed E-state index contributed by atoms with van der Waals surface area (Å²) in [6.07, 6.45) is 1.08. The van der Waals surface area contributed by atoms with E-state index in [1.54, 1.807) is 0 Å². The summed E-state index contributed by atoms with van der Waals surface area (Å²) in [4.78, 5) is 9.40. The molecule has 2 rings (SSSR count). The molecule has 164 valence electrons. The van der Waals surface area contributed by atoms with Crippen LogP contribution in [0.15, 0.2) is 35.3 Å². The molecule has 2 N–H and O–H groups in total. The normalized spacial score (nSPS) is 18.6. The Morgan fingerprint density at radius 1 is 1.07 bits per heavy atom. The van der Waals surface area contributed by atoms with Crippen molar-refractivity contribution >= 4 is 5.96 Å². The molecule has 0 radical (unpaired) electrons. The maximum Gasteiger partial charge on any atom is 0.191 e. The van der Waals surface area contributed by atoms with Gasteiger partial charge in [-0.2, -0.15) is 0 Å². The van der Waals surface area contributed by atoms with Crippen molar-refractivity contribution in [1.82, 2.24) is 20.4 Å². The van der Waals surface area contributed by atoms with E-state index in [4.69, 9.17) is 4.74 Å². The number of benzene rings is 1. The van der Waals surface area contributed by atoms with Crippen molar-refractivity contribution in [2.24, 2.45) is 10.9 Å². The molecule has 0 spiro atoms. The smallest absolute Gasteiger partial charge is 0.191 e. The fourth-order valence-electron chi connectivity index (χ4n) is 3.72. The minimum absolute atomic E-state index is 0.129. The molecule has 1 heterocycles. The SMILES string of the molecule is CN=C(NCCCOC(C)c1ccccc1)NCC(C(C)C)N1CCN(C)CC1. The molecule has 0 aromatic heterocycles. The molecule has 1 aliphatic rings. The fourth-order valence-corrected chi connectivity index (χ4v) is 3.72.